The van der Waals surface area contributed by atoms with Gasteiger partial charge in [-0.3, -0.25) is 0 Å². The molecular formula is C12H18FNS. The summed E-state index contributed by atoms with van der Waals surface area (Å²) in [7, 11) is 0. The third-order valence-electron chi connectivity index (χ3n) is 2.06. The van der Waals surface area contributed by atoms with Crippen LogP contribution >= 0.6 is 11.8 Å². The van der Waals surface area contributed by atoms with E-state index < -0.39 is 0 Å². The van der Waals surface area contributed by atoms with Gasteiger partial charge in [0, 0.05) is 11.4 Å². The summed E-state index contributed by atoms with van der Waals surface area (Å²) in [6.45, 7) is 5.97. The highest BCUT2D eigenvalue weighted by Crippen LogP contribution is 2.23. The average Bonchev–Trinajstić information content (AvgIpc) is 2.22. The van der Waals surface area contributed by atoms with Crippen LogP contribution in [0.2, 0.25) is 0 Å². The van der Waals surface area contributed by atoms with Gasteiger partial charge in [0.2, 0.25) is 0 Å². The van der Waals surface area contributed by atoms with Crippen molar-refractivity contribution >= 4 is 11.8 Å². The molecule has 1 N–H and O–H groups in total. The van der Waals surface area contributed by atoms with Gasteiger partial charge in [-0.25, -0.2) is 4.39 Å². The fourth-order valence-electron chi connectivity index (χ4n) is 1.38. The van der Waals surface area contributed by atoms with Crippen LogP contribution in [-0.4, -0.2) is 12.3 Å². The van der Waals surface area contributed by atoms with Crippen molar-refractivity contribution in [3.05, 3.63) is 29.6 Å². The first-order valence-corrected chi connectivity index (χ1v) is 6.38. The monoisotopic (exact) mass is 227 g/mol. The Bertz CT molecular complexity index is 302. The van der Waals surface area contributed by atoms with E-state index in [4.69, 9.17) is 0 Å². The van der Waals surface area contributed by atoms with Crippen LogP contribution in [0.15, 0.2) is 23.1 Å². The van der Waals surface area contributed by atoms with Crippen LogP contribution in [0.25, 0.3) is 0 Å². The van der Waals surface area contributed by atoms with E-state index in [-0.39, 0.29) is 5.82 Å². The highest BCUT2D eigenvalue weighted by Gasteiger charge is 2.03. The van der Waals surface area contributed by atoms with Crippen molar-refractivity contribution in [2.24, 2.45) is 0 Å². The Labute approximate surface area is 95.5 Å². The van der Waals surface area contributed by atoms with Gasteiger partial charge in [0.15, 0.2) is 0 Å². The minimum absolute atomic E-state index is 0.149. The molecule has 0 fully saturated rings. The van der Waals surface area contributed by atoms with E-state index in [0.717, 1.165) is 30.8 Å². The van der Waals surface area contributed by atoms with Gasteiger partial charge in [0.1, 0.15) is 5.82 Å². The third-order valence-corrected chi connectivity index (χ3v) is 3.06. The normalized spacial score (nSPS) is 10.6. The zero-order valence-corrected chi connectivity index (χ0v) is 10.2. The lowest BCUT2D eigenvalue weighted by Gasteiger charge is -2.09. The van der Waals surface area contributed by atoms with Gasteiger partial charge in [-0.05, 0) is 42.5 Å². The van der Waals surface area contributed by atoms with Gasteiger partial charge in [0.25, 0.3) is 0 Å². The van der Waals surface area contributed by atoms with Crippen molar-refractivity contribution in [2.45, 2.75) is 31.7 Å². The van der Waals surface area contributed by atoms with Crippen molar-refractivity contribution < 1.29 is 4.39 Å². The Morgan fingerprint density at radius 3 is 2.80 bits per heavy atom. The zero-order valence-electron chi connectivity index (χ0n) is 9.35. The van der Waals surface area contributed by atoms with Crippen molar-refractivity contribution in [3.8, 4) is 0 Å². The maximum atomic E-state index is 13.1. The van der Waals surface area contributed by atoms with Gasteiger partial charge in [-0.15, -0.1) is 11.8 Å². The topological polar surface area (TPSA) is 12.0 Å². The van der Waals surface area contributed by atoms with E-state index in [0.29, 0.717) is 0 Å². The van der Waals surface area contributed by atoms with Gasteiger partial charge in [-0.1, -0.05) is 13.8 Å². The summed E-state index contributed by atoms with van der Waals surface area (Å²) in [5, 5.41) is 3.30. The van der Waals surface area contributed by atoms with Crippen LogP contribution in [0, 0.1) is 5.82 Å². The molecule has 84 valence electrons. The molecule has 0 saturated heterocycles. The van der Waals surface area contributed by atoms with Crippen molar-refractivity contribution in [1.29, 1.82) is 0 Å². The number of hydrogen-bond acceptors (Lipinski definition) is 2. The van der Waals surface area contributed by atoms with Gasteiger partial charge in [0.05, 0.1) is 0 Å². The highest BCUT2D eigenvalue weighted by atomic mass is 32.2. The summed E-state index contributed by atoms with van der Waals surface area (Å²) >= 11 is 1.76. The summed E-state index contributed by atoms with van der Waals surface area (Å²) in [6.07, 6.45) is 1.10. The summed E-state index contributed by atoms with van der Waals surface area (Å²) in [4.78, 5) is 1.18. The Morgan fingerprint density at radius 1 is 1.33 bits per heavy atom. The van der Waals surface area contributed by atoms with Crippen molar-refractivity contribution in [3.63, 3.8) is 0 Å². The fourth-order valence-corrected chi connectivity index (χ4v) is 2.17. The quantitative estimate of drug-likeness (QED) is 0.590. The number of thioether (sulfide) groups is 1. The Morgan fingerprint density at radius 2 is 2.13 bits per heavy atom. The van der Waals surface area contributed by atoms with Crippen molar-refractivity contribution in [2.75, 3.05) is 12.3 Å². The summed E-state index contributed by atoms with van der Waals surface area (Å²) in [5.74, 6) is 0.871. The standard InChI is InChI=1S/C12H18FNS/c1-3-7-14-9-10-8-11(13)5-6-12(10)15-4-2/h5-6,8,14H,3-4,7,9H2,1-2H3. The minimum Gasteiger partial charge on any atom is -0.313 e. The van der Waals surface area contributed by atoms with Crippen LogP contribution in [0.5, 0.6) is 0 Å². The predicted molar refractivity (Wildman–Crippen MR) is 64.8 cm³/mol. The lowest BCUT2D eigenvalue weighted by atomic mass is 10.2. The molecule has 0 bridgehead atoms. The number of rotatable bonds is 6. The molecule has 0 radical (unpaired) electrons. The zero-order chi connectivity index (χ0) is 11.1. The molecule has 1 aromatic rings. The number of benzene rings is 1. The highest BCUT2D eigenvalue weighted by molar-refractivity contribution is 7.99. The average molecular weight is 227 g/mol. The molecule has 0 spiro atoms. The molecule has 1 aromatic carbocycles. The van der Waals surface area contributed by atoms with Crippen molar-refractivity contribution in [1.82, 2.24) is 5.32 Å². The van der Waals surface area contributed by atoms with Crippen LogP contribution in [-0.2, 0) is 6.54 Å². The molecule has 0 saturated carbocycles. The minimum atomic E-state index is -0.149. The summed E-state index contributed by atoms with van der Waals surface area (Å²) in [6, 6.07) is 5.02. The first-order chi connectivity index (χ1) is 7.27. The van der Waals surface area contributed by atoms with E-state index in [2.05, 4.69) is 19.2 Å². The molecule has 3 heteroatoms. The predicted octanol–water partition coefficient (Wildman–Crippen LogP) is 3.44. The smallest absolute Gasteiger partial charge is 0.123 e. The Hall–Kier alpha value is -0.540. The van der Waals surface area contributed by atoms with E-state index >= 15 is 0 Å². The molecule has 0 unspecified atom stereocenters. The van der Waals surface area contributed by atoms with Gasteiger partial charge in [-0.2, -0.15) is 0 Å². The second-order valence-electron chi connectivity index (χ2n) is 3.36. The van der Waals surface area contributed by atoms with E-state index in [1.165, 1.54) is 11.0 Å². The number of nitrogens with one attached hydrogen (secondary N) is 1. The largest absolute Gasteiger partial charge is 0.313 e. The van der Waals surface area contributed by atoms with Gasteiger partial charge < -0.3 is 5.32 Å². The maximum absolute atomic E-state index is 13.1. The molecule has 1 rings (SSSR count). The Balaban J connectivity index is 2.68. The summed E-state index contributed by atoms with van der Waals surface area (Å²) < 4.78 is 13.1. The molecule has 0 amide bonds. The third kappa shape index (κ3) is 4.22. The van der Waals surface area contributed by atoms with Crippen LogP contribution in [0.3, 0.4) is 0 Å². The number of hydrogen-bond donors (Lipinski definition) is 1. The van der Waals surface area contributed by atoms with Crippen LogP contribution < -0.4 is 5.32 Å². The maximum Gasteiger partial charge on any atom is 0.123 e. The molecule has 0 aliphatic heterocycles. The first-order valence-electron chi connectivity index (χ1n) is 5.39. The lowest BCUT2D eigenvalue weighted by molar-refractivity contribution is 0.615. The molecule has 0 atom stereocenters. The Kier molecular flexibility index (Phi) is 5.73. The molecule has 0 aliphatic carbocycles. The van der Waals surface area contributed by atoms with E-state index in [1.54, 1.807) is 17.8 Å². The molecule has 0 heterocycles. The molecular weight excluding hydrogens is 209 g/mol. The molecule has 1 nitrogen and oxygen atoms in total. The SMILES string of the molecule is CCCNCc1cc(F)ccc1SCC. The van der Waals surface area contributed by atoms with Gasteiger partial charge >= 0.3 is 0 Å². The summed E-state index contributed by atoms with van der Waals surface area (Å²) in [5.41, 5.74) is 1.07. The second-order valence-corrected chi connectivity index (χ2v) is 4.67. The van der Waals surface area contributed by atoms with E-state index in [9.17, 15) is 4.39 Å². The molecule has 0 aromatic heterocycles. The lowest BCUT2D eigenvalue weighted by Crippen LogP contribution is -2.14. The number of halogens is 1. The van der Waals surface area contributed by atoms with Crippen LogP contribution in [0.1, 0.15) is 25.8 Å². The van der Waals surface area contributed by atoms with E-state index in [1.807, 2.05) is 6.07 Å². The first kappa shape index (κ1) is 12.5. The molecule has 15 heavy (non-hydrogen) atoms. The second kappa shape index (κ2) is 6.85. The molecule has 0 aliphatic rings. The van der Waals surface area contributed by atoms with Crippen LogP contribution in [0.4, 0.5) is 4.39 Å². The fraction of sp³-hybridized carbons (Fsp3) is 0.500.